The average Bonchev–Trinajstić information content (AvgIpc) is 2.68. The van der Waals surface area contributed by atoms with Crippen molar-refractivity contribution in [2.75, 3.05) is 0 Å². The predicted molar refractivity (Wildman–Crippen MR) is 47.4 cm³/mol. The summed E-state index contributed by atoms with van der Waals surface area (Å²) in [7, 11) is 0. The van der Waals surface area contributed by atoms with Crippen LogP contribution in [0.15, 0.2) is 40.9 Å². The molecule has 0 bridgehead atoms. The average molecular weight is 191 g/mol. The number of rotatable bonds is 2. The number of carbonyl (C=O) groups is 1. The lowest BCUT2D eigenvalue weighted by molar-refractivity contribution is 0.0826. The molecule has 2 aromatic rings. The Hall–Kier alpha value is -1.97. The van der Waals surface area contributed by atoms with Gasteiger partial charge in [-0.25, -0.2) is 0 Å². The Morgan fingerprint density at radius 1 is 1.29 bits per heavy atom. The molecular formula is C10H6FNO2. The monoisotopic (exact) mass is 191 g/mol. The molecule has 1 heterocycles. The number of halogens is 1. The second-order valence-electron chi connectivity index (χ2n) is 2.72. The Morgan fingerprint density at radius 3 is 2.57 bits per heavy atom. The van der Waals surface area contributed by atoms with Crippen molar-refractivity contribution < 1.29 is 13.7 Å². The number of benzene rings is 1. The minimum Gasteiger partial charge on any atom is -0.355 e. The van der Waals surface area contributed by atoms with Gasteiger partial charge in [0.25, 0.3) is 0 Å². The van der Waals surface area contributed by atoms with E-state index in [1.807, 2.05) is 18.2 Å². The lowest BCUT2D eigenvalue weighted by Gasteiger charge is -1.91. The Labute approximate surface area is 79.1 Å². The SMILES string of the molecule is O=C(F)c1cc(-c2ccccc2)on1. The standard InChI is InChI=1S/C10H6FNO2/c11-10(13)8-6-9(14-12-8)7-4-2-1-3-5-7/h1-6H. The molecule has 0 saturated heterocycles. The van der Waals surface area contributed by atoms with Gasteiger partial charge in [-0.2, -0.15) is 4.39 Å². The molecule has 3 nitrogen and oxygen atoms in total. The second kappa shape index (κ2) is 3.41. The van der Waals surface area contributed by atoms with Gasteiger partial charge in [-0.05, 0) is 0 Å². The van der Waals surface area contributed by atoms with E-state index in [0.29, 0.717) is 5.76 Å². The summed E-state index contributed by atoms with van der Waals surface area (Å²) in [5.41, 5.74) is 0.455. The maximum Gasteiger partial charge on any atom is 0.353 e. The fraction of sp³-hybridized carbons (Fsp3) is 0. The first kappa shape index (κ1) is 8.62. The molecule has 4 heteroatoms. The summed E-state index contributed by atoms with van der Waals surface area (Å²) in [4.78, 5) is 10.3. The molecular weight excluding hydrogens is 185 g/mol. The van der Waals surface area contributed by atoms with Crippen LogP contribution < -0.4 is 0 Å². The third-order valence-corrected chi connectivity index (χ3v) is 1.77. The highest BCUT2D eigenvalue weighted by molar-refractivity contribution is 5.87. The first-order chi connectivity index (χ1) is 6.77. The maximum atomic E-state index is 12.2. The minimum absolute atomic E-state index is 0.302. The van der Waals surface area contributed by atoms with Crippen LogP contribution in [0.3, 0.4) is 0 Å². The highest BCUT2D eigenvalue weighted by Gasteiger charge is 2.11. The number of aromatic nitrogens is 1. The molecule has 2 rings (SSSR count). The molecule has 0 aliphatic rings. The minimum atomic E-state index is -1.59. The number of nitrogens with zero attached hydrogens (tertiary/aromatic N) is 1. The van der Waals surface area contributed by atoms with Gasteiger partial charge in [-0.15, -0.1) is 0 Å². The van der Waals surface area contributed by atoms with Crippen molar-refractivity contribution in [2.24, 2.45) is 0 Å². The van der Waals surface area contributed by atoms with E-state index in [1.165, 1.54) is 6.07 Å². The van der Waals surface area contributed by atoms with Gasteiger partial charge in [0.1, 0.15) is 0 Å². The summed E-state index contributed by atoms with van der Waals surface area (Å²) in [5, 5.41) is 3.29. The van der Waals surface area contributed by atoms with E-state index in [0.717, 1.165) is 5.56 Å². The van der Waals surface area contributed by atoms with Gasteiger partial charge < -0.3 is 4.52 Å². The summed E-state index contributed by atoms with van der Waals surface area (Å²) in [5.74, 6) is 0.381. The van der Waals surface area contributed by atoms with Gasteiger partial charge in [-0.3, -0.25) is 4.79 Å². The van der Waals surface area contributed by atoms with Crippen molar-refractivity contribution in [3.63, 3.8) is 0 Å². The third kappa shape index (κ3) is 1.54. The first-order valence-electron chi connectivity index (χ1n) is 3.99. The van der Waals surface area contributed by atoms with Gasteiger partial charge in [0.15, 0.2) is 11.5 Å². The van der Waals surface area contributed by atoms with Gasteiger partial charge in [0.2, 0.25) is 0 Å². The fourth-order valence-corrected chi connectivity index (χ4v) is 1.11. The second-order valence-corrected chi connectivity index (χ2v) is 2.72. The molecule has 0 atom stereocenters. The highest BCUT2D eigenvalue weighted by Crippen LogP contribution is 2.19. The Kier molecular flexibility index (Phi) is 2.10. The van der Waals surface area contributed by atoms with Crippen LogP contribution in [0.1, 0.15) is 10.5 Å². The molecule has 0 saturated carbocycles. The van der Waals surface area contributed by atoms with Crippen LogP contribution in [0, 0.1) is 0 Å². The summed E-state index contributed by atoms with van der Waals surface area (Å²) in [6, 6.07) is 8.73. The smallest absolute Gasteiger partial charge is 0.353 e. The van der Waals surface area contributed by atoms with Crippen molar-refractivity contribution >= 4 is 6.04 Å². The predicted octanol–water partition coefficient (Wildman–Crippen LogP) is 2.45. The van der Waals surface area contributed by atoms with Gasteiger partial charge >= 0.3 is 6.04 Å². The first-order valence-corrected chi connectivity index (χ1v) is 3.99. The zero-order valence-corrected chi connectivity index (χ0v) is 7.11. The molecule has 14 heavy (non-hydrogen) atoms. The van der Waals surface area contributed by atoms with Crippen LogP contribution in [-0.2, 0) is 0 Å². The summed E-state index contributed by atoms with van der Waals surface area (Å²) < 4.78 is 17.0. The van der Waals surface area contributed by atoms with Crippen LogP contribution >= 0.6 is 0 Å². The Morgan fingerprint density at radius 2 is 2.00 bits per heavy atom. The molecule has 0 N–H and O–H groups in total. The molecule has 0 unspecified atom stereocenters. The van der Waals surface area contributed by atoms with Crippen molar-refractivity contribution in [3.8, 4) is 11.3 Å². The van der Waals surface area contributed by atoms with Crippen LogP contribution in [0.4, 0.5) is 4.39 Å². The van der Waals surface area contributed by atoms with E-state index in [-0.39, 0.29) is 5.69 Å². The maximum absolute atomic E-state index is 12.2. The quantitative estimate of drug-likeness (QED) is 0.684. The Balaban J connectivity index is 2.39. The van der Waals surface area contributed by atoms with Crippen LogP contribution in [0.25, 0.3) is 11.3 Å². The molecule has 0 spiro atoms. The number of carbonyl (C=O) groups excluding carboxylic acids is 1. The molecule has 70 valence electrons. The molecule has 0 fully saturated rings. The summed E-state index contributed by atoms with van der Waals surface area (Å²) in [6.07, 6.45) is 0. The normalized spacial score (nSPS) is 10.1. The number of hydrogen-bond acceptors (Lipinski definition) is 3. The van der Waals surface area contributed by atoms with Crippen molar-refractivity contribution in [1.29, 1.82) is 0 Å². The Bertz CT molecular complexity index is 450. The van der Waals surface area contributed by atoms with E-state index in [1.54, 1.807) is 12.1 Å². The molecule has 1 aromatic carbocycles. The fourth-order valence-electron chi connectivity index (χ4n) is 1.11. The summed E-state index contributed by atoms with van der Waals surface area (Å²) >= 11 is 0. The van der Waals surface area contributed by atoms with Crippen LogP contribution in [0.5, 0.6) is 0 Å². The van der Waals surface area contributed by atoms with E-state index in [4.69, 9.17) is 4.52 Å². The van der Waals surface area contributed by atoms with E-state index < -0.39 is 6.04 Å². The lowest BCUT2D eigenvalue weighted by Crippen LogP contribution is -1.87. The van der Waals surface area contributed by atoms with Crippen LogP contribution in [-0.4, -0.2) is 11.2 Å². The molecule has 0 amide bonds. The molecule has 0 aliphatic heterocycles. The van der Waals surface area contributed by atoms with Crippen molar-refractivity contribution in [3.05, 3.63) is 42.1 Å². The molecule has 0 aliphatic carbocycles. The molecule has 1 aromatic heterocycles. The zero-order valence-electron chi connectivity index (χ0n) is 7.11. The lowest BCUT2D eigenvalue weighted by atomic mass is 10.2. The van der Waals surface area contributed by atoms with Crippen molar-refractivity contribution in [2.45, 2.75) is 0 Å². The van der Waals surface area contributed by atoms with Crippen LogP contribution in [0.2, 0.25) is 0 Å². The van der Waals surface area contributed by atoms with Crippen molar-refractivity contribution in [1.82, 2.24) is 5.16 Å². The molecule has 0 radical (unpaired) electrons. The van der Waals surface area contributed by atoms with Gasteiger partial charge in [-0.1, -0.05) is 35.5 Å². The zero-order chi connectivity index (χ0) is 9.97. The summed E-state index contributed by atoms with van der Waals surface area (Å²) in [6.45, 7) is 0. The third-order valence-electron chi connectivity index (χ3n) is 1.77. The van der Waals surface area contributed by atoms with E-state index >= 15 is 0 Å². The van der Waals surface area contributed by atoms with E-state index in [2.05, 4.69) is 5.16 Å². The largest absolute Gasteiger partial charge is 0.355 e. The van der Waals surface area contributed by atoms with E-state index in [9.17, 15) is 9.18 Å². The number of hydrogen-bond donors (Lipinski definition) is 0. The topological polar surface area (TPSA) is 43.1 Å². The van der Waals surface area contributed by atoms with Gasteiger partial charge in [0, 0.05) is 11.6 Å². The van der Waals surface area contributed by atoms with Gasteiger partial charge in [0.05, 0.1) is 0 Å². The highest BCUT2D eigenvalue weighted by atomic mass is 19.1.